The Bertz CT molecular complexity index is 397. The number of nitrogens with zero attached hydrogens (tertiary/aromatic N) is 1. The van der Waals surface area contributed by atoms with Crippen molar-refractivity contribution in [3.63, 3.8) is 0 Å². The highest BCUT2D eigenvalue weighted by Gasteiger charge is 2.29. The van der Waals surface area contributed by atoms with Gasteiger partial charge in [0, 0.05) is 12.8 Å². The Morgan fingerprint density at radius 1 is 1.39 bits per heavy atom. The lowest BCUT2D eigenvalue weighted by Crippen LogP contribution is -2.41. The molecule has 1 saturated heterocycles. The molecule has 0 N–H and O–H groups in total. The van der Waals surface area contributed by atoms with Crippen LogP contribution >= 0.6 is 0 Å². The van der Waals surface area contributed by atoms with Crippen LogP contribution in [0.3, 0.4) is 0 Å². The standard InChI is InChI=1S/C13H17B2NO2/c1-13(2,18-10-5-3-4-8-17-10)11-9(14)6-7-16-12(11)15/h6-7,10H,3-5,8H2,1-2H3. The molecule has 1 aliphatic heterocycles. The van der Waals surface area contributed by atoms with Crippen LogP contribution in [0.15, 0.2) is 12.3 Å². The van der Waals surface area contributed by atoms with Crippen molar-refractivity contribution in [1.82, 2.24) is 4.98 Å². The fourth-order valence-electron chi connectivity index (χ4n) is 2.34. The van der Waals surface area contributed by atoms with Gasteiger partial charge in [-0.1, -0.05) is 11.5 Å². The maximum atomic E-state index is 6.00. The molecule has 4 radical (unpaired) electrons. The SMILES string of the molecule is [B]c1ccnc([B])c1C(C)(C)OC1CCCCO1. The average molecular weight is 241 g/mol. The molecule has 18 heavy (non-hydrogen) atoms. The van der Waals surface area contributed by atoms with Gasteiger partial charge in [-0.15, -0.1) is 0 Å². The van der Waals surface area contributed by atoms with Crippen LogP contribution in [0.5, 0.6) is 0 Å². The Morgan fingerprint density at radius 3 is 2.78 bits per heavy atom. The van der Waals surface area contributed by atoms with Gasteiger partial charge in [0.1, 0.15) is 15.7 Å². The number of rotatable bonds is 3. The van der Waals surface area contributed by atoms with Crippen LogP contribution in [0.25, 0.3) is 0 Å². The summed E-state index contributed by atoms with van der Waals surface area (Å²) in [7, 11) is 11.9. The van der Waals surface area contributed by atoms with Gasteiger partial charge in [-0.05, 0) is 44.3 Å². The second-order valence-electron chi connectivity index (χ2n) is 5.08. The molecule has 2 heterocycles. The monoisotopic (exact) mass is 241 g/mol. The molecule has 1 aromatic heterocycles. The van der Waals surface area contributed by atoms with E-state index in [-0.39, 0.29) is 6.29 Å². The first-order valence-corrected chi connectivity index (χ1v) is 6.30. The van der Waals surface area contributed by atoms with Crippen molar-refractivity contribution in [3.05, 3.63) is 17.8 Å². The van der Waals surface area contributed by atoms with Crippen LogP contribution in [-0.4, -0.2) is 33.6 Å². The molecule has 0 aliphatic carbocycles. The summed E-state index contributed by atoms with van der Waals surface area (Å²) >= 11 is 0. The van der Waals surface area contributed by atoms with Crippen molar-refractivity contribution < 1.29 is 9.47 Å². The summed E-state index contributed by atoms with van der Waals surface area (Å²) in [5.74, 6) is 0. The van der Waals surface area contributed by atoms with E-state index in [1.807, 2.05) is 13.8 Å². The molecule has 1 atom stereocenters. The third-order valence-electron chi connectivity index (χ3n) is 3.18. The Morgan fingerprint density at radius 2 is 2.17 bits per heavy atom. The zero-order valence-electron chi connectivity index (χ0n) is 11.0. The van der Waals surface area contributed by atoms with Crippen molar-refractivity contribution in [1.29, 1.82) is 0 Å². The van der Waals surface area contributed by atoms with Crippen molar-refractivity contribution in [3.8, 4) is 0 Å². The highest BCUT2D eigenvalue weighted by atomic mass is 16.7. The molecule has 92 valence electrons. The molecule has 0 spiro atoms. The van der Waals surface area contributed by atoms with Crippen molar-refractivity contribution >= 4 is 26.7 Å². The quantitative estimate of drug-likeness (QED) is 0.719. The lowest BCUT2D eigenvalue weighted by atomic mass is 9.78. The van der Waals surface area contributed by atoms with Crippen LogP contribution in [-0.2, 0) is 15.1 Å². The van der Waals surface area contributed by atoms with Gasteiger partial charge in [0.05, 0.1) is 5.60 Å². The lowest BCUT2D eigenvalue weighted by Gasteiger charge is -2.35. The maximum Gasteiger partial charge on any atom is 0.158 e. The highest BCUT2D eigenvalue weighted by Crippen LogP contribution is 2.26. The molecule has 1 fully saturated rings. The fourth-order valence-corrected chi connectivity index (χ4v) is 2.34. The van der Waals surface area contributed by atoms with Crippen molar-refractivity contribution in [2.45, 2.75) is 45.0 Å². The summed E-state index contributed by atoms with van der Waals surface area (Å²) in [5.41, 5.74) is 1.14. The Hall–Kier alpha value is -0.800. The summed E-state index contributed by atoms with van der Waals surface area (Å²) in [4.78, 5) is 4.08. The van der Waals surface area contributed by atoms with Gasteiger partial charge in [0.15, 0.2) is 6.29 Å². The van der Waals surface area contributed by atoms with E-state index in [1.54, 1.807) is 12.3 Å². The molecule has 2 rings (SSSR count). The van der Waals surface area contributed by atoms with Crippen LogP contribution < -0.4 is 11.1 Å². The van der Waals surface area contributed by atoms with Gasteiger partial charge in [0.25, 0.3) is 0 Å². The molecule has 1 unspecified atom stereocenters. The second kappa shape index (κ2) is 5.45. The first-order valence-electron chi connectivity index (χ1n) is 6.30. The van der Waals surface area contributed by atoms with Crippen LogP contribution in [0, 0.1) is 0 Å². The summed E-state index contributed by atoms with van der Waals surface area (Å²) in [6, 6.07) is 1.73. The normalized spacial score (nSPS) is 20.9. The van der Waals surface area contributed by atoms with E-state index < -0.39 is 5.60 Å². The van der Waals surface area contributed by atoms with E-state index in [2.05, 4.69) is 4.98 Å². The molecular formula is C13H17B2NO2. The van der Waals surface area contributed by atoms with E-state index in [0.717, 1.165) is 31.4 Å². The molecule has 5 heteroatoms. The van der Waals surface area contributed by atoms with Crippen molar-refractivity contribution in [2.24, 2.45) is 0 Å². The minimum atomic E-state index is -0.607. The predicted octanol–water partition coefficient (Wildman–Crippen LogP) is 0.447. The first kappa shape index (κ1) is 13.6. The van der Waals surface area contributed by atoms with Crippen molar-refractivity contribution in [2.75, 3.05) is 6.61 Å². The van der Waals surface area contributed by atoms with Crippen LogP contribution in [0.1, 0.15) is 38.7 Å². The molecule has 0 amide bonds. The molecule has 0 saturated carbocycles. The maximum absolute atomic E-state index is 6.00. The molecule has 0 aromatic carbocycles. The third kappa shape index (κ3) is 2.96. The Labute approximate surface area is 111 Å². The van der Waals surface area contributed by atoms with E-state index in [4.69, 9.17) is 25.2 Å². The van der Waals surface area contributed by atoms with Gasteiger partial charge >= 0.3 is 0 Å². The Balaban J connectivity index is 2.18. The minimum absolute atomic E-state index is 0.187. The third-order valence-corrected chi connectivity index (χ3v) is 3.18. The molecule has 1 aromatic rings. The second-order valence-corrected chi connectivity index (χ2v) is 5.08. The number of pyridine rings is 1. The van der Waals surface area contributed by atoms with Gasteiger partial charge in [-0.3, -0.25) is 4.98 Å². The number of hydrogen-bond acceptors (Lipinski definition) is 3. The van der Waals surface area contributed by atoms with Crippen LogP contribution in [0.4, 0.5) is 0 Å². The summed E-state index contributed by atoms with van der Waals surface area (Å²) in [5, 5.41) is 0. The largest absolute Gasteiger partial charge is 0.353 e. The topological polar surface area (TPSA) is 31.4 Å². The minimum Gasteiger partial charge on any atom is -0.353 e. The zero-order valence-corrected chi connectivity index (χ0v) is 11.0. The van der Waals surface area contributed by atoms with E-state index in [0.29, 0.717) is 11.1 Å². The number of ether oxygens (including phenoxy) is 2. The Kier molecular flexibility index (Phi) is 4.13. The summed E-state index contributed by atoms with van der Waals surface area (Å²) in [6.07, 6.45) is 4.54. The van der Waals surface area contributed by atoms with E-state index in [9.17, 15) is 0 Å². The molecule has 3 nitrogen and oxygen atoms in total. The molecule has 0 bridgehead atoms. The predicted molar refractivity (Wildman–Crippen MR) is 72.7 cm³/mol. The van der Waals surface area contributed by atoms with Crippen LogP contribution in [0.2, 0.25) is 0 Å². The molecule has 1 aliphatic rings. The summed E-state index contributed by atoms with van der Waals surface area (Å²) < 4.78 is 11.6. The smallest absolute Gasteiger partial charge is 0.158 e. The zero-order chi connectivity index (χ0) is 13.2. The summed E-state index contributed by atoms with van der Waals surface area (Å²) in [6.45, 7) is 4.63. The van der Waals surface area contributed by atoms with Gasteiger partial charge in [0.2, 0.25) is 0 Å². The van der Waals surface area contributed by atoms with E-state index >= 15 is 0 Å². The number of hydrogen-bond donors (Lipinski definition) is 0. The lowest BCUT2D eigenvalue weighted by molar-refractivity contribution is -0.218. The highest BCUT2D eigenvalue weighted by molar-refractivity contribution is 6.38. The molecular weight excluding hydrogens is 224 g/mol. The van der Waals surface area contributed by atoms with Gasteiger partial charge in [-0.25, -0.2) is 0 Å². The van der Waals surface area contributed by atoms with Gasteiger partial charge < -0.3 is 9.47 Å². The first-order chi connectivity index (χ1) is 8.50. The fraction of sp³-hybridized carbons (Fsp3) is 0.615. The van der Waals surface area contributed by atoms with Gasteiger partial charge in [-0.2, -0.15) is 0 Å². The number of aromatic nitrogens is 1. The van der Waals surface area contributed by atoms with E-state index in [1.165, 1.54) is 0 Å². The average Bonchev–Trinajstić information content (AvgIpc) is 2.28.